The zero-order valence-electron chi connectivity index (χ0n) is 15.6. The van der Waals surface area contributed by atoms with Crippen LogP contribution in [-0.2, 0) is 11.3 Å². The van der Waals surface area contributed by atoms with Crippen molar-refractivity contribution in [2.75, 3.05) is 12.0 Å². The third-order valence-electron chi connectivity index (χ3n) is 4.88. The molecule has 1 amide bonds. The number of carbonyl (C=O) groups is 1. The maximum absolute atomic E-state index is 12.4. The molecule has 28 heavy (non-hydrogen) atoms. The zero-order chi connectivity index (χ0) is 19.7. The summed E-state index contributed by atoms with van der Waals surface area (Å²) in [6.07, 6.45) is 7.54. The van der Waals surface area contributed by atoms with Gasteiger partial charge in [0.25, 0.3) is 0 Å². The van der Waals surface area contributed by atoms with Crippen LogP contribution in [0.3, 0.4) is 0 Å². The third kappa shape index (κ3) is 3.39. The van der Waals surface area contributed by atoms with Crippen molar-refractivity contribution in [2.24, 2.45) is 0 Å². The van der Waals surface area contributed by atoms with E-state index in [9.17, 15) is 4.79 Å². The van der Waals surface area contributed by atoms with Crippen LogP contribution in [0.15, 0.2) is 54.9 Å². The Morgan fingerprint density at radius 3 is 2.54 bits per heavy atom. The Morgan fingerprint density at radius 2 is 1.82 bits per heavy atom. The number of ether oxygens (including phenoxy) is 1. The van der Waals surface area contributed by atoms with Crippen LogP contribution < -0.4 is 9.64 Å². The second-order valence-corrected chi connectivity index (χ2v) is 7.07. The molecule has 4 nitrogen and oxygen atoms in total. The van der Waals surface area contributed by atoms with Crippen LogP contribution in [0.25, 0.3) is 23.3 Å². The van der Waals surface area contributed by atoms with Crippen molar-refractivity contribution in [3.05, 3.63) is 76.6 Å². The summed E-state index contributed by atoms with van der Waals surface area (Å²) in [4.78, 5) is 18.3. The van der Waals surface area contributed by atoms with Gasteiger partial charge in [-0.15, -0.1) is 0 Å². The van der Waals surface area contributed by atoms with Crippen LogP contribution in [0.4, 0.5) is 5.69 Å². The van der Waals surface area contributed by atoms with E-state index in [-0.39, 0.29) is 5.91 Å². The van der Waals surface area contributed by atoms with Gasteiger partial charge in [0.2, 0.25) is 5.91 Å². The molecule has 0 atom stereocenters. The molecule has 1 aromatic heterocycles. The summed E-state index contributed by atoms with van der Waals surface area (Å²) in [6, 6.07) is 13.6. The van der Waals surface area contributed by atoms with Crippen LogP contribution in [0.2, 0.25) is 5.02 Å². The van der Waals surface area contributed by atoms with Gasteiger partial charge >= 0.3 is 0 Å². The minimum Gasteiger partial charge on any atom is -0.496 e. The van der Waals surface area contributed by atoms with E-state index >= 15 is 0 Å². The number of carbonyl (C=O) groups excluding carboxylic acids is 1. The molecule has 1 aliphatic heterocycles. The number of benzene rings is 2. The van der Waals surface area contributed by atoms with Crippen molar-refractivity contribution >= 4 is 35.3 Å². The standard InChI is InChI=1S/C23H19ClN2O2/c1-15(27)26-14-19-12-21(16-7-9-25-10-8-16)23(28-2)13-17(19)3-4-18-11-20(24)5-6-22(18)26/h3-13H,14H2,1-2H3/b4-3-. The lowest BCUT2D eigenvalue weighted by atomic mass is 9.95. The maximum Gasteiger partial charge on any atom is 0.224 e. The molecule has 0 saturated heterocycles. The number of rotatable bonds is 2. The third-order valence-corrected chi connectivity index (χ3v) is 5.12. The van der Waals surface area contributed by atoms with Crippen molar-refractivity contribution in [1.82, 2.24) is 4.98 Å². The van der Waals surface area contributed by atoms with Crippen LogP contribution in [-0.4, -0.2) is 18.0 Å². The van der Waals surface area contributed by atoms with Crippen LogP contribution >= 0.6 is 11.6 Å². The van der Waals surface area contributed by atoms with Gasteiger partial charge in [0, 0.05) is 29.9 Å². The number of pyridine rings is 1. The number of halogens is 1. The van der Waals surface area contributed by atoms with Gasteiger partial charge in [-0.3, -0.25) is 9.78 Å². The quantitative estimate of drug-likeness (QED) is 0.584. The number of amides is 1. The molecule has 2 heterocycles. The fraction of sp³-hybridized carbons (Fsp3) is 0.130. The highest BCUT2D eigenvalue weighted by molar-refractivity contribution is 6.30. The minimum absolute atomic E-state index is 0.0221. The van der Waals surface area contributed by atoms with Crippen molar-refractivity contribution in [1.29, 1.82) is 0 Å². The van der Waals surface area contributed by atoms with Gasteiger partial charge < -0.3 is 9.64 Å². The lowest BCUT2D eigenvalue weighted by Gasteiger charge is -2.27. The Labute approximate surface area is 169 Å². The number of hydrogen-bond donors (Lipinski definition) is 0. The highest BCUT2D eigenvalue weighted by atomic mass is 35.5. The van der Waals surface area contributed by atoms with Gasteiger partial charge in [-0.2, -0.15) is 0 Å². The highest BCUT2D eigenvalue weighted by Crippen LogP contribution is 2.37. The van der Waals surface area contributed by atoms with Gasteiger partial charge in [-0.25, -0.2) is 0 Å². The van der Waals surface area contributed by atoms with Crippen molar-refractivity contribution in [3.8, 4) is 16.9 Å². The Bertz CT molecular complexity index is 1080. The van der Waals surface area contributed by atoms with Gasteiger partial charge in [0.05, 0.1) is 19.3 Å². The monoisotopic (exact) mass is 390 g/mol. The van der Waals surface area contributed by atoms with E-state index in [0.29, 0.717) is 11.6 Å². The molecule has 4 rings (SSSR count). The number of anilines is 1. The van der Waals surface area contributed by atoms with Crippen LogP contribution in [0.1, 0.15) is 23.6 Å². The molecule has 140 valence electrons. The van der Waals surface area contributed by atoms with Crippen LogP contribution in [0.5, 0.6) is 5.75 Å². The molecule has 0 radical (unpaired) electrons. The molecule has 0 spiro atoms. The molecule has 0 aliphatic carbocycles. The zero-order valence-corrected chi connectivity index (χ0v) is 16.4. The Balaban J connectivity index is 1.91. The molecule has 0 saturated carbocycles. The van der Waals surface area contributed by atoms with E-state index in [2.05, 4.69) is 11.1 Å². The Hall–Kier alpha value is -3.11. The predicted octanol–water partition coefficient (Wildman–Crippen LogP) is 5.45. The molecular weight excluding hydrogens is 372 g/mol. The first-order chi connectivity index (χ1) is 13.6. The number of nitrogens with zero attached hydrogens (tertiary/aromatic N) is 2. The smallest absolute Gasteiger partial charge is 0.224 e. The van der Waals surface area contributed by atoms with E-state index < -0.39 is 0 Å². The van der Waals surface area contributed by atoms with E-state index in [0.717, 1.165) is 39.3 Å². The van der Waals surface area contributed by atoms with Crippen molar-refractivity contribution in [3.63, 3.8) is 0 Å². The average molecular weight is 391 g/mol. The van der Waals surface area contributed by atoms with E-state index in [1.165, 1.54) is 0 Å². The summed E-state index contributed by atoms with van der Waals surface area (Å²) in [6.45, 7) is 2.04. The van der Waals surface area contributed by atoms with Gasteiger partial charge in [0.15, 0.2) is 0 Å². The first-order valence-electron chi connectivity index (χ1n) is 8.94. The number of fused-ring (bicyclic) bond motifs is 2. The minimum atomic E-state index is -0.0221. The molecule has 0 N–H and O–H groups in total. The summed E-state index contributed by atoms with van der Waals surface area (Å²) < 4.78 is 5.64. The number of aromatic nitrogens is 1. The topological polar surface area (TPSA) is 42.4 Å². The number of hydrogen-bond acceptors (Lipinski definition) is 3. The fourth-order valence-electron chi connectivity index (χ4n) is 3.48. The first kappa shape index (κ1) is 18.3. The molecule has 0 unspecified atom stereocenters. The second-order valence-electron chi connectivity index (χ2n) is 6.63. The molecule has 1 aliphatic rings. The van der Waals surface area contributed by atoms with Crippen molar-refractivity contribution in [2.45, 2.75) is 13.5 Å². The largest absolute Gasteiger partial charge is 0.496 e. The van der Waals surface area contributed by atoms with E-state index in [1.54, 1.807) is 31.3 Å². The molecule has 0 bridgehead atoms. The molecule has 0 fully saturated rings. The van der Waals surface area contributed by atoms with Gasteiger partial charge in [-0.1, -0.05) is 23.8 Å². The maximum atomic E-state index is 12.4. The fourth-order valence-corrected chi connectivity index (χ4v) is 3.66. The summed E-state index contributed by atoms with van der Waals surface area (Å²) in [5.74, 6) is 0.752. The molecular formula is C23H19ClN2O2. The lowest BCUT2D eigenvalue weighted by molar-refractivity contribution is -0.116. The second kappa shape index (κ2) is 7.49. The summed E-state index contributed by atoms with van der Waals surface area (Å²) in [5, 5.41) is 0.637. The summed E-state index contributed by atoms with van der Waals surface area (Å²) in [7, 11) is 1.66. The lowest BCUT2D eigenvalue weighted by Crippen LogP contribution is -2.29. The van der Waals surface area contributed by atoms with E-state index in [1.807, 2.05) is 48.6 Å². The Kier molecular flexibility index (Phi) is 4.88. The normalized spacial score (nSPS) is 13.8. The summed E-state index contributed by atoms with van der Waals surface area (Å²) in [5.41, 5.74) is 5.79. The van der Waals surface area contributed by atoms with Gasteiger partial charge in [0.1, 0.15) is 5.75 Å². The van der Waals surface area contributed by atoms with Crippen molar-refractivity contribution < 1.29 is 9.53 Å². The average Bonchev–Trinajstić information content (AvgIpc) is 2.70. The predicted molar refractivity (Wildman–Crippen MR) is 113 cm³/mol. The SMILES string of the molecule is COc1cc2c(cc1-c1ccncc1)CN(C(C)=O)c1ccc(Cl)cc1/C=C\2. The van der Waals surface area contributed by atoms with Crippen LogP contribution in [0, 0.1) is 0 Å². The van der Waals surface area contributed by atoms with E-state index in [4.69, 9.17) is 16.3 Å². The molecule has 5 heteroatoms. The summed E-state index contributed by atoms with van der Waals surface area (Å²) >= 11 is 6.17. The number of methoxy groups -OCH3 is 1. The van der Waals surface area contributed by atoms with Gasteiger partial charge in [-0.05, 0) is 64.7 Å². The highest BCUT2D eigenvalue weighted by Gasteiger charge is 2.20. The first-order valence-corrected chi connectivity index (χ1v) is 9.31. The Morgan fingerprint density at radius 1 is 1.07 bits per heavy atom. The molecule has 2 aromatic carbocycles. The molecule has 3 aromatic rings.